The third kappa shape index (κ3) is 2.70. The van der Waals surface area contributed by atoms with E-state index in [9.17, 15) is 9.65 Å². The van der Waals surface area contributed by atoms with Crippen LogP contribution < -0.4 is 0 Å². The van der Waals surface area contributed by atoms with E-state index in [-0.39, 0.29) is 5.82 Å². The molecule has 1 aliphatic rings. The molecule has 1 fully saturated rings. The summed E-state index contributed by atoms with van der Waals surface area (Å²) in [5.41, 5.74) is 0.0370. The lowest BCUT2D eigenvalue weighted by atomic mass is 9.90. The van der Waals surface area contributed by atoms with Gasteiger partial charge in [-0.1, -0.05) is 24.6 Å². The molecule has 0 N–H and O–H groups in total. The van der Waals surface area contributed by atoms with Crippen LogP contribution in [0.2, 0.25) is 0 Å². The first kappa shape index (κ1) is 13.0. The van der Waals surface area contributed by atoms with Crippen molar-refractivity contribution in [3.8, 4) is 6.07 Å². The van der Waals surface area contributed by atoms with Crippen molar-refractivity contribution in [2.24, 2.45) is 0 Å². The molecule has 1 saturated heterocycles. The lowest BCUT2D eigenvalue weighted by Gasteiger charge is -2.38. The normalized spacial score (nSPS) is 20.1. The zero-order valence-electron chi connectivity index (χ0n) is 10.8. The first-order valence-electron chi connectivity index (χ1n) is 6.55. The standard InChI is InChI=1S/C15H19FN2/c1-15(12-17,18-9-5-2-6-10-18)11-13-7-3-4-8-14(13)16/h3-4,7-8H,2,5-6,9-11H2,1H3. The van der Waals surface area contributed by atoms with Gasteiger partial charge in [-0.3, -0.25) is 4.90 Å². The number of hydrogen-bond acceptors (Lipinski definition) is 2. The molecule has 1 aromatic rings. The second-order valence-corrected chi connectivity index (χ2v) is 5.20. The fourth-order valence-corrected chi connectivity index (χ4v) is 2.62. The number of nitrogens with zero attached hydrogens (tertiary/aromatic N) is 2. The van der Waals surface area contributed by atoms with E-state index >= 15 is 0 Å². The maximum absolute atomic E-state index is 13.7. The Kier molecular flexibility index (Phi) is 3.98. The highest BCUT2D eigenvalue weighted by Crippen LogP contribution is 2.25. The Balaban J connectivity index is 2.18. The molecule has 3 heteroatoms. The van der Waals surface area contributed by atoms with E-state index in [2.05, 4.69) is 11.0 Å². The molecular weight excluding hydrogens is 227 g/mol. The van der Waals surface area contributed by atoms with Gasteiger partial charge < -0.3 is 0 Å². The highest BCUT2D eigenvalue weighted by Gasteiger charge is 2.33. The number of likely N-dealkylation sites (tertiary alicyclic amines) is 1. The molecule has 18 heavy (non-hydrogen) atoms. The van der Waals surface area contributed by atoms with Crippen LogP contribution in [0.3, 0.4) is 0 Å². The van der Waals surface area contributed by atoms with Crippen LogP contribution in [0.1, 0.15) is 31.7 Å². The van der Waals surface area contributed by atoms with E-state index in [1.54, 1.807) is 12.1 Å². The summed E-state index contributed by atoms with van der Waals surface area (Å²) in [4.78, 5) is 2.20. The molecule has 2 rings (SSSR count). The average Bonchev–Trinajstić information content (AvgIpc) is 2.42. The van der Waals surface area contributed by atoms with Gasteiger partial charge in [0.25, 0.3) is 0 Å². The first-order valence-corrected chi connectivity index (χ1v) is 6.55. The second-order valence-electron chi connectivity index (χ2n) is 5.20. The van der Waals surface area contributed by atoms with Crippen LogP contribution in [-0.2, 0) is 6.42 Å². The molecule has 0 amide bonds. The van der Waals surface area contributed by atoms with Crippen LogP contribution >= 0.6 is 0 Å². The van der Waals surface area contributed by atoms with Gasteiger partial charge in [-0.2, -0.15) is 5.26 Å². The van der Waals surface area contributed by atoms with Gasteiger partial charge in [0.05, 0.1) is 6.07 Å². The molecule has 0 bridgehead atoms. The molecule has 1 heterocycles. The van der Waals surface area contributed by atoms with Crippen molar-refractivity contribution in [2.75, 3.05) is 13.1 Å². The summed E-state index contributed by atoms with van der Waals surface area (Å²) < 4.78 is 13.7. The molecule has 1 unspecified atom stereocenters. The van der Waals surface area contributed by atoms with Gasteiger partial charge in [-0.05, 0) is 44.5 Å². The molecule has 0 spiro atoms. The molecule has 0 saturated carbocycles. The van der Waals surface area contributed by atoms with Crippen LogP contribution in [0, 0.1) is 17.1 Å². The molecule has 0 aromatic heterocycles. The van der Waals surface area contributed by atoms with Gasteiger partial charge >= 0.3 is 0 Å². The van der Waals surface area contributed by atoms with Gasteiger partial charge in [0.15, 0.2) is 0 Å². The molecular formula is C15H19FN2. The van der Waals surface area contributed by atoms with E-state index in [1.165, 1.54) is 12.5 Å². The maximum atomic E-state index is 13.7. The van der Waals surface area contributed by atoms with Crippen LogP contribution in [-0.4, -0.2) is 23.5 Å². The molecule has 0 radical (unpaired) electrons. The van der Waals surface area contributed by atoms with E-state index in [4.69, 9.17) is 0 Å². The number of halogens is 1. The topological polar surface area (TPSA) is 27.0 Å². The summed E-state index contributed by atoms with van der Waals surface area (Å²) in [6.45, 7) is 3.81. The Bertz CT molecular complexity index is 446. The van der Waals surface area contributed by atoms with Gasteiger partial charge in [0.2, 0.25) is 0 Å². The third-order valence-electron chi connectivity index (χ3n) is 3.79. The van der Waals surface area contributed by atoms with E-state index in [0.717, 1.165) is 25.9 Å². The van der Waals surface area contributed by atoms with Gasteiger partial charge in [-0.25, -0.2) is 4.39 Å². The quantitative estimate of drug-likeness (QED) is 0.819. The lowest BCUT2D eigenvalue weighted by Crippen LogP contribution is -2.49. The van der Waals surface area contributed by atoms with Crippen molar-refractivity contribution < 1.29 is 4.39 Å². The summed E-state index contributed by atoms with van der Waals surface area (Å²) in [5.74, 6) is -0.212. The van der Waals surface area contributed by atoms with Crippen molar-refractivity contribution in [3.63, 3.8) is 0 Å². The third-order valence-corrected chi connectivity index (χ3v) is 3.79. The monoisotopic (exact) mass is 246 g/mol. The fraction of sp³-hybridized carbons (Fsp3) is 0.533. The minimum absolute atomic E-state index is 0.212. The van der Waals surface area contributed by atoms with Crippen LogP contribution in [0.4, 0.5) is 4.39 Å². The van der Waals surface area contributed by atoms with Gasteiger partial charge in [0.1, 0.15) is 11.4 Å². The number of benzene rings is 1. The van der Waals surface area contributed by atoms with Gasteiger partial charge in [-0.15, -0.1) is 0 Å². The molecule has 96 valence electrons. The predicted molar refractivity (Wildman–Crippen MR) is 69.5 cm³/mol. The van der Waals surface area contributed by atoms with Gasteiger partial charge in [0, 0.05) is 6.42 Å². The SMILES string of the molecule is CC(C#N)(Cc1ccccc1F)N1CCCCC1. The van der Waals surface area contributed by atoms with Crippen LogP contribution in [0.25, 0.3) is 0 Å². The Hall–Kier alpha value is -1.40. The summed E-state index contributed by atoms with van der Waals surface area (Å²) in [5, 5.41) is 9.48. The molecule has 1 aliphatic heterocycles. The van der Waals surface area contributed by atoms with Crippen LogP contribution in [0.5, 0.6) is 0 Å². The largest absolute Gasteiger partial charge is 0.285 e. The summed E-state index contributed by atoms with van der Waals surface area (Å²) in [6.07, 6.45) is 3.96. The van der Waals surface area contributed by atoms with Crippen molar-refractivity contribution in [1.82, 2.24) is 4.90 Å². The molecule has 1 atom stereocenters. The zero-order chi connectivity index (χ0) is 13.0. The highest BCUT2D eigenvalue weighted by atomic mass is 19.1. The van der Waals surface area contributed by atoms with Crippen molar-refractivity contribution >= 4 is 0 Å². The summed E-state index contributed by atoms with van der Waals surface area (Å²) in [6, 6.07) is 9.13. The van der Waals surface area contributed by atoms with E-state index < -0.39 is 5.54 Å². The maximum Gasteiger partial charge on any atom is 0.126 e. The molecule has 0 aliphatic carbocycles. The lowest BCUT2D eigenvalue weighted by molar-refractivity contribution is 0.123. The predicted octanol–water partition coefficient (Wildman–Crippen LogP) is 3.14. The molecule has 1 aromatic carbocycles. The van der Waals surface area contributed by atoms with Crippen molar-refractivity contribution in [3.05, 3.63) is 35.6 Å². The van der Waals surface area contributed by atoms with Crippen LogP contribution in [0.15, 0.2) is 24.3 Å². The summed E-state index contributed by atoms with van der Waals surface area (Å²) in [7, 11) is 0. The second kappa shape index (κ2) is 5.49. The van der Waals surface area contributed by atoms with Crippen molar-refractivity contribution in [1.29, 1.82) is 5.26 Å². The molecule has 2 nitrogen and oxygen atoms in total. The first-order chi connectivity index (χ1) is 8.65. The fourth-order valence-electron chi connectivity index (χ4n) is 2.62. The van der Waals surface area contributed by atoms with Crippen molar-refractivity contribution in [2.45, 2.75) is 38.1 Å². The Labute approximate surface area is 108 Å². The Morgan fingerprint density at radius 3 is 2.56 bits per heavy atom. The summed E-state index contributed by atoms with van der Waals surface area (Å²) >= 11 is 0. The average molecular weight is 246 g/mol. The number of nitriles is 1. The zero-order valence-corrected chi connectivity index (χ0v) is 10.8. The minimum Gasteiger partial charge on any atom is -0.285 e. The van der Waals surface area contributed by atoms with E-state index in [1.807, 2.05) is 13.0 Å². The highest BCUT2D eigenvalue weighted by molar-refractivity contribution is 5.23. The minimum atomic E-state index is -0.595. The van der Waals surface area contributed by atoms with E-state index in [0.29, 0.717) is 12.0 Å². The number of rotatable bonds is 3. The smallest absolute Gasteiger partial charge is 0.126 e. The number of hydrogen-bond donors (Lipinski definition) is 0. The Morgan fingerprint density at radius 2 is 1.94 bits per heavy atom. The Morgan fingerprint density at radius 1 is 1.28 bits per heavy atom. The number of piperidine rings is 1.